The number of fused-ring (bicyclic) bond motifs is 2. The molecule has 0 unspecified atom stereocenters. The Balaban J connectivity index is 1.58. The van der Waals surface area contributed by atoms with E-state index in [1.807, 2.05) is 36.9 Å². The molecule has 1 aliphatic heterocycles. The minimum absolute atomic E-state index is 0.298. The maximum absolute atomic E-state index is 5.69. The van der Waals surface area contributed by atoms with Gasteiger partial charge in [0, 0.05) is 32.0 Å². The fourth-order valence-electron chi connectivity index (χ4n) is 3.66. The highest BCUT2D eigenvalue weighted by Crippen LogP contribution is 2.28. The fraction of sp³-hybridized carbons (Fsp3) is 0.389. The van der Waals surface area contributed by atoms with E-state index in [-0.39, 0.29) is 0 Å². The van der Waals surface area contributed by atoms with E-state index in [4.69, 9.17) is 21.9 Å². The van der Waals surface area contributed by atoms with E-state index in [2.05, 4.69) is 23.6 Å². The van der Waals surface area contributed by atoms with Crippen molar-refractivity contribution in [2.75, 3.05) is 18.5 Å². The van der Waals surface area contributed by atoms with Crippen LogP contribution in [0.15, 0.2) is 18.3 Å². The molecule has 1 aromatic carbocycles. The number of ether oxygens (including phenoxy) is 1. The van der Waals surface area contributed by atoms with Crippen molar-refractivity contribution in [2.24, 2.45) is 7.05 Å². The van der Waals surface area contributed by atoms with Gasteiger partial charge in [-0.3, -0.25) is 4.57 Å². The molecular formula is C18H19N7OS2. The Bertz CT molecular complexity index is 1240. The fourth-order valence-corrected chi connectivity index (χ4v) is 4.50. The summed E-state index contributed by atoms with van der Waals surface area (Å²) in [7, 11) is 1.96. The van der Waals surface area contributed by atoms with Crippen molar-refractivity contribution in [3.05, 3.63) is 28.7 Å². The van der Waals surface area contributed by atoms with Crippen LogP contribution >= 0.6 is 23.9 Å². The zero-order valence-corrected chi connectivity index (χ0v) is 17.2. The predicted octanol–water partition coefficient (Wildman–Crippen LogP) is 3.91. The summed E-state index contributed by atoms with van der Waals surface area (Å²) in [6.45, 7) is 3.53. The summed E-state index contributed by atoms with van der Waals surface area (Å²) in [5, 5.41) is 3.34. The third-order valence-electron chi connectivity index (χ3n) is 5.23. The van der Waals surface area contributed by atoms with Gasteiger partial charge < -0.3 is 14.6 Å². The molecule has 1 fully saturated rings. The average Bonchev–Trinajstić information content (AvgIpc) is 3.25. The lowest BCUT2D eigenvalue weighted by Gasteiger charge is -2.23. The summed E-state index contributed by atoms with van der Waals surface area (Å²) in [5.74, 6) is 0.541. The summed E-state index contributed by atoms with van der Waals surface area (Å²) in [6, 6.07) is 4.30. The van der Waals surface area contributed by atoms with Crippen LogP contribution in [0.4, 0.5) is 11.6 Å². The summed E-state index contributed by atoms with van der Waals surface area (Å²) in [5.41, 5.74) is 5.54. The highest BCUT2D eigenvalue weighted by molar-refractivity contribution is 7.71. The van der Waals surface area contributed by atoms with Crippen molar-refractivity contribution in [2.45, 2.75) is 25.8 Å². The number of aromatic nitrogens is 6. The molecule has 0 aliphatic carbocycles. The van der Waals surface area contributed by atoms with Crippen LogP contribution < -0.4 is 5.32 Å². The van der Waals surface area contributed by atoms with Gasteiger partial charge in [-0.25, -0.2) is 4.98 Å². The molecule has 3 aromatic heterocycles. The third-order valence-corrected chi connectivity index (χ3v) is 6.26. The number of hydrogen-bond acceptors (Lipinski definition) is 8. The molecular weight excluding hydrogens is 394 g/mol. The van der Waals surface area contributed by atoms with E-state index >= 15 is 0 Å². The van der Waals surface area contributed by atoms with E-state index in [1.165, 1.54) is 11.7 Å². The van der Waals surface area contributed by atoms with Crippen LogP contribution in [0.1, 0.15) is 24.4 Å². The van der Waals surface area contributed by atoms with Crippen molar-refractivity contribution in [3.63, 3.8) is 0 Å². The van der Waals surface area contributed by atoms with E-state index in [1.54, 1.807) is 0 Å². The van der Waals surface area contributed by atoms with Gasteiger partial charge in [0.25, 0.3) is 0 Å². The Morgan fingerprint density at radius 1 is 1.21 bits per heavy atom. The molecule has 4 heterocycles. The first-order valence-electron chi connectivity index (χ1n) is 9.13. The van der Waals surface area contributed by atoms with E-state index in [9.17, 15) is 0 Å². The number of rotatable bonds is 3. The Morgan fingerprint density at radius 3 is 2.75 bits per heavy atom. The van der Waals surface area contributed by atoms with Crippen molar-refractivity contribution in [3.8, 4) is 0 Å². The number of benzene rings is 1. The maximum Gasteiger partial charge on any atom is 0.229 e. The van der Waals surface area contributed by atoms with E-state index in [0.29, 0.717) is 12.0 Å². The summed E-state index contributed by atoms with van der Waals surface area (Å²) >= 11 is 6.91. The Hall–Kier alpha value is -2.43. The number of nitrogens with zero attached hydrogens (tertiary/aromatic N) is 6. The van der Waals surface area contributed by atoms with Gasteiger partial charge >= 0.3 is 0 Å². The summed E-state index contributed by atoms with van der Waals surface area (Å²) in [4.78, 5) is 9.33. The van der Waals surface area contributed by atoms with Crippen molar-refractivity contribution in [1.29, 1.82) is 0 Å². The first kappa shape index (κ1) is 17.7. The Labute approximate surface area is 170 Å². The smallest absolute Gasteiger partial charge is 0.229 e. The molecule has 1 N–H and O–H groups in total. The topological polar surface area (TPSA) is 82.7 Å². The number of imidazole rings is 1. The van der Waals surface area contributed by atoms with Crippen molar-refractivity contribution in [1.82, 2.24) is 27.8 Å². The third kappa shape index (κ3) is 2.88. The van der Waals surface area contributed by atoms with Gasteiger partial charge in [0.1, 0.15) is 16.6 Å². The minimum atomic E-state index is 0.298. The standard InChI is InChI=1S/C18H19N7OS2/c1-10-7-13-14(23-28-22-13)8-12(10)20-17-19-9-15-16(21-17)25(18(27)24(15)2)11-3-5-26-6-4-11/h7-9,11H,3-6H2,1-2H3,(H,19,20,21). The zero-order chi connectivity index (χ0) is 19.3. The molecule has 0 spiro atoms. The van der Waals surface area contributed by atoms with Gasteiger partial charge in [0.05, 0.1) is 17.9 Å². The van der Waals surface area contributed by atoms with Crippen molar-refractivity contribution < 1.29 is 4.74 Å². The molecule has 10 heteroatoms. The molecule has 1 saturated heterocycles. The normalized spacial score (nSPS) is 15.5. The number of hydrogen-bond donors (Lipinski definition) is 1. The number of nitrogens with one attached hydrogen (secondary N) is 1. The predicted molar refractivity (Wildman–Crippen MR) is 112 cm³/mol. The molecule has 0 radical (unpaired) electrons. The number of anilines is 2. The first-order chi connectivity index (χ1) is 13.6. The minimum Gasteiger partial charge on any atom is -0.381 e. The van der Waals surface area contributed by atoms with Gasteiger partial charge in [-0.1, -0.05) is 0 Å². The average molecular weight is 414 g/mol. The summed E-state index contributed by atoms with van der Waals surface area (Å²) < 4.78 is 19.0. The molecule has 144 valence electrons. The van der Waals surface area contributed by atoms with Crippen LogP contribution in [0.25, 0.3) is 22.2 Å². The van der Waals surface area contributed by atoms with Crippen molar-refractivity contribution >= 4 is 57.8 Å². The van der Waals surface area contributed by atoms with Gasteiger partial charge in [0.2, 0.25) is 5.95 Å². The van der Waals surface area contributed by atoms with Gasteiger partial charge in [-0.15, -0.1) is 0 Å². The highest BCUT2D eigenvalue weighted by atomic mass is 32.1. The lowest BCUT2D eigenvalue weighted by atomic mass is 10.1. The summed E-state index contributed by atoms with van der Waals surface area (Å²) in [6.07, 6.45) is 3.70. The largest absolute Gasteiger partial charge is 0.381 e. The second kappa shape index (κ2) is 6.87. The van der Waals surface area contributed by atoms with Crippen LogP contribution in [0, 0.1) is 11.7 Å². The van der Waals surface area contributed by atoms with Crippen LogP contribution in [-0.4, -0.2) is 41.1 Å². The molecule has 8 nitrogen and oxygen atoms in total. The highest BCUT2D eigenvalue weighted by Gasteiger charge is 2.22. The molecule has 0 amide bonds. The molecule has 28 heavy (non-hydrogen) atoms. The van der Waals surface area contributed by atoms with Gasteiger partial charge in [-0.05, 0) is 49.7 Å². The molecule has 5 rings (SSSR count). The molecule has 0 bridgehead atoms. The Kier molecular flexibility index (Phi) is 4.33. The van der Waals surface area contributed by atoms with Crippen LogP contribution in [0.5, 0.6) is 0 Å². The molecule has 0 saturated carbocycles. The quantitative estimate of drug-likeness (QED) is 0.510. The maximum atomic E-state index is 5.69. The molecule has 0 atom stereocenters. The number of aryl methyl sites for hydroxylation is 2. The van der Waals surface area contributed by atoms with Crippen LogP contribution in [-0.2, 0) is 11.8 Å². The van der Waals surface area contributed by atoms with Gasteiger partial charge in [0.15, 0.2) is 10.4 Å². The second-order valence-electron chi connectivity index (χ2n) is 7.00. The second-order valence-corrected chi connectivity index (χ2v) is 7.90. The SMILES string of the molecule is Cc1cc2nsnc2cc1Nc1ncc2c(n1)n(C1CCOCC1)c(=S)n2C. The Morgan fingerprint density at radius 2 is 1.96 bits per heavy atom. The lowest BCUT2D eigenvalue weighted by molar-refractivity contribution is 0.0700. The van der Waals surface area contributed by atoms with E-state index in [0.717, 1.165) is 64.3 Å². The first-order valence-corrected chi connectivity index (χ1v) is 10.3. The zero-order valence-electron chi connectivity index (χ0n) is 15.5. The molecule has 4 aromatic rings. The van der Waals surface area contributed by atoms with Crippen LogP contribution in [0.3, 0.4) is 0 Å². The lowest BCUT2D eigenvalue weighted by Crippen LogP contribution is -2.20. The molecule has 1 aliphatic rings. The van der Waals surface area contributed by atoms with Gasteiger partial charge in [-0.2, -0.15) is 13.7 Å². The van der Waals surface area contributed by atoms with Crippen LogP contribution in [0.2, 0.25) is 0 Å². The van der Waals surface area contributed by atoms with E-state index < -0.39 is 0 Å². The monoisotopic (exact) mass is 413 g/mol.